The van der Waals surface area contributed by atoms with Crippen LogP contribution in [0.15, 0.2) is 52.0 Å². The Balaban J connectivity index is 2.09. The van der Waals surface area contributed by atoms with Gasteiger partial charge in [0.05, 0.1) is 23.4 Å². The molecule has 0 saturated carbocycles. The Labute approximate surface area is 183 Å². The zero-order chi connectivity index (χ0) is 21.4. The highest BCUT2D eigenvalue weighted by Gasteiger charge is 2.25. The van der Waals surface area contributed by atoms with Crippen molar-refractivity contribution < 1.29 is 14.3 Å². The number of carbonyl (C=O) groups excluding carboxylic acids is 2. The van der Waals surface area contributed by atoms with Gasteiger partial charge in [0.2, 0.25) is 0 Å². The van der Waals surface area contributed by atoms with Crippen LogP contribution in [0, 0.1) is 5.92 Å². The predicted octanol–water partition coefficient (Wildman–Crippen LogP) is 4.41. The Hall–Kier alpha value is -2.38. The van der Waals surface area contributed by atoms with Crippen molar-refractivity contribution in [2.45, 2.75) is 26.8 Å². The molecule has 2 amide bonds. The molecule has 0 radical (unpaired) electrons. The van der Waals surface area contributed by atoms with Crippen LogP contribution in [0.4, 0.5) is 0 Å². The van der Waals surface area contributed by atoms with Crippen LogP contribution in [-0.4, -0.2) is 30.7 Å². The van der Waals surface area contributed by atoms with Crippen molar-refractivity contribution >= 4 is 45.6 Å². The van der Waals surface area contributed by atoms with Crippen LogP contribution in [0.2, 0.25) is 5.02 Å². The largest absolute Gasteiger partial charge is 0.493 e. The SMILES string of the molecule is CCOc1ccc(Br)cc1C=NNC(=O)C(NC(=O)c1ccccc1Cl)C(C)C. The second-order valence-corrected chi connectivity index (χ2v) is 7.85. The van der Waals surface area contributed by atoms with Gasteiger partial charge in [-0.1, -0.05) is 53.5 Å². The number of hydrogen-bond donors (Lipinski definition) is 2. The smallest absolute Gasteiger partial charge is 0.262 e. The van der Waals surface area contributed by atoms with Gasteiger partial charge in [0, 0.05) is 10.0 Å². The van der Waals surface area contributed by atoms with E-state index in [1.807, 2.05) is 39.0 Å². The number of carbonyl (C=O) groups is 2. The second kappa shape index (κ2) is 11.0. The molecule has 2 N–H and O–H groups in total. The maximum absolute atomic E-state index is 12.6. The summed E-state index contributed by atoms with van der Waals surface area (Å²) in [7, 11) is 0. The van der Waals surface area contributed by atoms with E-state index in [2.05, 4.69) is 31.8 Å². The summed E-state index contributed by atoms with van der Waals surface area (Å²) in [6.07, 6.45) is 1.50. The van der Waals surface area contributed by atoms with Gasteiger partial charge in [-0.05, 0) is 43.2 Å². The number of hydrazone groups is 1. The molecule has 1 unspecified atom stereocenters. The normalized spacial score (nSPS) is 12.1. The molecule has 0 aliphatic heterocycles. The number of hydrogen-bond acceptors (Lipinski definition) is 4. The average Bonchev–Trinajstić information content (AvgIpc) is 2.68. The number of amides is 2. The molecule has 2 aromatic rings. The molecule has 0 spiro atoms. The van der Waals surface area contributed by atoms with Gasteiger partial charge in [-0.25, -0.2) is 5.43 Å². The summed E-state index contributed by atoms with van der Waals surface area (Å²) < 4.78 is 6.42. The lowest BCUT2D eigenvalue weighted by Gasteiger charge is -2.20. The van der Waals surface area contributed by atoms with E-state index >= 15 is 0 Å². The van der Waals surface area contributed by atoms with E-state index in [-0.39, 0.29) is 5.92 Å². The minimum atomic E-state index is -0.773. The summed E-state index contributed by atoms with van der Waals surface area (Å²) in [6.45, 7) is 6.07. The van der Waals surface area contributed by atoms with Crippen molar-refractivity contribution in [3.05, 3.63) is 63.1 Å². The van der Waals surface area contributed by atoms with Crippen LogP contribution in [0.3, 0.4) is 0 Å². The minimum Gasteiger partial charge on any atom is -0.493 e. The Morgan fingerprint density at radius 1 is 1.24 bits per heavy atom. The maximum atomic E-state index is 12.6. The van der Waals surface area contributed by atoms with Crippen LogP contribution in [-0.2, 0) is 4.79 Å². The van der Waals surface area contributed by atoms with E-state index in [0.29, 0.717) is 28.5 Å². The van der Waals surface area contributed by atoms with Crippen molar-refractivity contribution in [3.63, 3.8) is 0 Å². The van der Waals surface area contributed by atoms with Crippen molar-refractivity contribution in [1.29, 1.82) is 0 Å². The van der Waals surface area contributed by atoms with Crippen molar-refractivity contribution in [2.75, 3.05) is 6.61 Å². The lowest BCUT2D eigenvalue weighted by atomic mass is 10.0. The first-order valence-electron chi connectivity index (χ1n) is 9.14. The Kier molecular flexibility index (Phi) is 8.67. The van der Waals surface area contributed by atoms with Gasteiger partial charge in [-0.3, -0.25) is 9.59 Å². The third-order valence-corrected chi connectivity index (χ3v) is 4.83. The van der Waals surface area contributed by atoms with Gasteiger partial charge in [-0.15, -0.1) is 0 Å². The van der Waals surface area contributed by atoms with Gasteiger partial charge in [-0.2, -0.15) is 5.10 Å². The Bertz CT molecular complexity index is 902. The molecule has 6 nitrogen and oxygen atoms in total. The molecule has 8 heteroatoms. The summed E-state index contributed by atoms with van der Waals surface area (Å²) >= 11 is 9.47. The van der Waals surface area contributed by atoms with Gasteiger partial charge in [0.15, 0.2) is 0 Å². The van der Waals surface area contributed by atoms with E-state index in [1.54, 1.807) is 24.3 Å². The number of ether oxygens (including phenoxy) is 1. The highest BCUT2D eigenvalue weighted by Crippen LogP contribution is 2.21. The quantitative estimate of drug-likeness (QED) is 0.434. The number of benzene rings is 2. The highest BCUT2D eigenvalue weighted by molar-refractivity contribution is 9.10. The first-order chi connectivity index (χ1) is 13.8. The molecule has 29 heavy (non-hydrogen) atoms. The lowest BCUT2D eigenvalue weighted by molar-refractivity contribution is -0.123. The van der Waals surface area contributed by atoms with E-state index in [1.165, 1.54) is 6.21 Å². The molecule has 0 aliphatic rings. The second-order valence-electron chi connectivity index (χ2n) is 6.52. The average molecular weight is 481 g/mol. The summed E-state index contributed by atoms with van der Waals surface area (Å²) in [6, 6.07) is 11.4. The van der Waals surface area contributed by atoms with Crippen LogP contribution < -0.4 is 15.5 Å². The molecule has 0 bridgehead atoms. The van der Waals surface area contributed by atoms with Gasteiger partial charge >= 0.3 is 0 Å². The molecule has 154 valence electrons. The molecule has 0 saturated heterocycles. The minimum absolute atomic E-state index is 0.151. The monoisotopic (exact) mass is 479 g/mol. The number of halogens is 2. The van der Waals surface area contributed by atoms with Crippen molar-refractivity contribution in [1.82, 2.24) is 10.7 Å². The zero-order valence-corrected chi connectivity index (χ0v) is 18.8. The molecule has 2 aromatic carbocycles. The molecule has 2 rings (SSSR count). The third-order valence-electron chi connectivity index (χ3n) is 4.00. The summed E-state index contributed by atoms with van der Waals surface area (Å²) in [5, 5.41) is 7.07. The number of nitrogens with one attached hydrogen (secondary N) is 2. The van der Waals surface area contributed by atoms with Crippen LogP contribution in [0.5, 0.6) is 5.75 Å². The lowest BCUT2D eigenvalue weighted by Crippen LogP contribution is -2.48. The molecule has 0 heterocycles. The molecule has 1 atom stereocenters. The maximum Gasteiger partial charge on any atom is 0.262 e. The van der Waals surface area contributed by atoms with E-state index in [9.17, 15) is 9.59 Å². The van der Waals surface area contributed by atoms with E-state index in [0.717, 1.165) is 4.47 Å². The zero-order valence-electron chi connectivity index (χ0n) is 16.4. The fourth-order valence-electron chi connectivity index (χ4n) is 2.54. The Morgan fingerprint density at radius 2 is 1.97 bits per heavy atom. The summed E-state index contributed by atoms with van der Waals surface area (Å²) in [5.74, 6) is -0.341. The van der Waals surface area contributed by atoms with Crippen molar-refractivity contribution in [2.24, 2.45) is 11.0 Å². The molecule has 0 aromatic heterocycles. The van der Waals surface area contributed by atoms with E-state index in [4.69, 9.17) is 16.3 Å². The molecule has 0 fully saturated rings. The number of nitrogens with zero attached hydrogens (tertiary/aromatic N) is 1. The molecule has 0 aliphatic carbocycles. The standard InChI is InChI=1S/C21H23BrClN3O3/c1-4-29-18-10-9-15(22)11-14(18)12-24-26-21(28)19(13(2)3)25-20(27)16-7-5-6-8-17(16)23/h5-13,19H,4H2,1-3H3,(H,25,27)(H,26,28). The van der Waals surface area contributed by atoms with Crippen LogP contribution >= 0.6 is 27.5 Å². The predicted molar refractivity (Wildman–Crippen MR) is 119 cm³/mol. The van der Waals surface area contributed by atoms with Crippen molar-refractivity contribution in [3.8, 4) is 5.75 Å². The van der Waals surface area contributed by atoms with Gasteiger partial charge < -0.3 is 10.1 Å². The topological polar surface area (TPSA) is 79.8 Å². The molecular weight excluding hydrogens is 458 g/mol. The summed E-state index contributed by atoms with van der Waals surface area (Å²) in [4.78, 5) is 25.1. The fraction of sp³-hybridized carbons (Fsp3) is 0.286. The van der Waals surface area contributed by atoms with Gasteiger partial charge in [0.25, 0.3) is 11.8 Å². The number of rotatable bonds is 8. The third kappa shape index (κ3) is 6.58. The first kappa shape index (κ1) is 22.9. The summed E-state index contributed by atoms with van der Waals surface area (Å²) in [5.41, 5.74) is 3.51. The first-order valence-corrected chi connectivity index (χ1v) is 10.3. The van der Waals surface area contributed by atoms with E-state index < -0.39 is 17.9 Å². The fourth-order valence-corrected chi connectivity index (χ4v) is 3.14. The Morgan fingerprint density at radius 3 is 2.62 bits per heavy atom. The van der Waals surface area contributed by atoms with Crippen LogP contribution in [0.1, 0.15) is 36.7 Å². The highest BCUT2D eigenvalue weighted by atomic mass is 79.9. The molecular formula is C21H23BrClN3O3. The van der Waals surface area contributed by atoms with Gasteiger partial charge in [0.1, 0.15) is 11.8 Å². The van der Waals surface area contributed by atoms with Crippen LogP contribution in [0.25, 0.3) is 0 Å².